The van der Waals surface area contributed by atoms with Gasteiger partial charge in [-0.3, -0.25) is 14.4 Å². The zero-order valence-electron chi connectivity index (χ0n) is 44.9. The minimum absolute atomic E-state index is 0.0788. The van der Waals surface area contributed by atoms with Crippen LogP contribution in [0, 0.1) is 0 Å². The van der Waals surface area contributed by atoms with Gasteiger partial charge in [0.05, 0.1) is 0 Å². The van der Waals surface area contributed by atoms with Crippen LogP contribution in [0.25, 0.3) is 0 Å². The van der Waals surface area contributed by atoms with Gasteiger partial charge in [0.15, 0.2) is 6.10 Å². The number of hydrogen-bond donors (Lipinski definition) is 0. The predicted octanol–water partition coefficient (Wildman–Crippen LogP) is 19.4. The number of ether oxygens (including phenoxy) is 3. The van der Waals surface area contributed by atoms with Gasteiger partial charge in [0.1, 0.15) is 13.2 Å². The monoisotopic (exact) mass is 949 g/mol. The summed E-state index contributed by atoms with van der Waals surface area (Å²) >= 11 is 0. The second-order valence-electron chi connectivity index (χ2n) is 19.2. The van der Waals surface area contributed by atoms with Crippen LogP contribution in [-0.4, -0.2) is 37.2 Å². The van der Waals surface area contributed by atoms with Crippen molar-refractivity contribution in [1.29, 1.82) is 0 Å². The fourth-order valence-corrected chi connectivity index (χ4v) is 8.11. The number of esters is 3. The molecule has 0 N–H and O–H groups in total. The van der Waals surface area contributed by atoms with Crippen LogP contribution in [0.1, 0.15) is 284 Å². The lowest BCUT2D eigenvalue weighted by Crippen LogP contribution is -2.30. The van der Waals surface area contributed by atoms with E-state index in [0.717, 1.165) is 103 Å². The molecule has 0 spiro atoms. The number of unbranched alkanes of at least 4 members (excludes halogenated alkanes) is 29. The van der Waals surface area contributed by atoms with Crippen molar-refractivity contribution in [3.05, 3.63) is 72.9 Å². The molecule has 0 saturated carbocycles. The van der Waals surface area contributed by atoms with Crippen molar-refractivity contribution in [3.8, 4) is 0 Å². The minimum Gasteiger partial charge on any atom is -0.462 e. The zero-order chi connectivity index (χ0) is 49.3. The Balaban J connectivity index is 4.27. The van der Waals surface area contributed by atoms with Crippen molar-refractivity contribution in [2.45, 2.75) is 290 Å². The first-order valence-electron chi connectivity index (χ1n) is 28.9. The molecule has 0 fully saturated rings. The van der Waals surface area contributed by atoms with Crippen LogP contribution in [-0.2, 0) is 28.6 Å². The largest absolute Gasteiger partial charge is 0.462 e. The molecule has 68 heavy (non-hydrogen) atoms. The van der Waals surface area contributed by atoms with Gasteiger partial charge in [-0.15, -0.1) is 0 Å². The molecule has 0 aliphatic heterocycles. The summed E-state index contributed by atoms with van der Waals surface area (Å²) in [5.74, 6) is -0.884. The molecule has 0 aromatic carbocycles. The Morgan fingerprint density at radius 1 is 0.309 bits per heavy atom. The highest BCUT2D eigenvalue weighted by molar-refractivity contribution is 5.71. The fraction of sp³-hybridized carbons (Fsp3) is 0.758. The SMILES string of the molecule is CC/C=C\C/C=C\C/C=C\C/C=C\C/C=C\CCCCCCCCCCCC(=O)OCC(COC(=O)CCCCCCC/C=C\CCCCC)OC(=O)CCCCCCCCCCCCCCC. The predicted molar refractivity (Wildman–Crippen MR) is 293 cm³/mol. The van der Waals surface area contributed by atoms with Crippen LogP contribution in [0.3, 0.4) is 0 Å². The normalized spacial score (nSPS) is 12.6. The van der Waals surface area contributed by atoms with Gasteiger partial charge in [-0.1, -0.05) is 248 Å². The Bertz CT molecular complexity index is 1270. The van der Waals surface area contributed by atoms with E-state index in [1.807, 2.05) is 0 Å². The first-order chi connectivity index (χ1) is 33.5. The molecule has 6 heteroatoms. The summed E-state index contributed by atoms with van der Waals surface area (Å²) in [6.07, 6.45) is 71.8. The Morgan fingerprint density at radius 3 is 0.941 bits per heavy atom. The van der Waals surface area contributed by atoms with Gasteiger partial charge < -0.3 is 14.2 Å². The molecule has 0 rings (SSSR count). The Labute approximate surface area is 421 Å². The standard InChI is InChI=1S/C62H108O6/c1-4-7-10-13-16-19-22-25-26-27-28-29-30-31-32-33-34-35-36-38-40-43-46-49-52-55-61(64)67-58-59(57-66-60(63)54-51-48-45-42-39-24-21-18-15-12-9-6-3)68-62(65)56-53-50-47-44-41-37-23-20-17-14-11-8-5-2/h7,10,16,18-19,21,25-26,28-29,31-32,59H,4-6,8-9,11-15,17,20,22-24,27,30,33-58H2,1-3H3/b10-7-,19-16-,21-18-,26-25-,29-28-,32-31-. The molecule has 0 radical (unpaired) electrons. The topological polar surface area (TPSA) is 78.9 Å². The van der Waals surface area contributed by atoms with Crippen LogP contribution >= 0.6 is 0 Å². The third kappa shape index (κ3) is 53.8. The van der Waals surface area contributed by atoms with Gasteiger partial charge in [-0.2, -0.15) is 0 Å². The van der Waals surface area contributed by atoms with Gasteiger partial charge in [-0.05, 0) is 89.9 Å². The minimum atomic E-state index is -0.778. The van der Waals surface area contributed by atoms with E-state index in [9.17, 15) is 14.4 Å². The molecular weight excluding hydrogens is 841 g/mol. The average Bonchev–Trinajstić information content (AvgIpc) is 3.34. The first-order valence-corrected chi connectivity index (χ1v) is 28.9. The Kier molecular flexibility index (Phi) is 53.8. The summed E-state index contributed by atoms with van der Waals surface area (Å²) in [6.45, 7) is 6.51. The van der Waals surface area contributed by atoms with E-state index in [4.69, 9.17) is 14.2 Å². The molecule has 392 valence electrons. The Hall–Kier alpha value is -3.15. The van der Waals surface area contributed by atoms with Gasteiger partial charge >= 0.3 is 17.9 Å². The van der Waals surface area contributed by atoms with Crippen molar-refractivity contribution < 1.29 is 28.6 Å². The van der Waals surface area contributed by atoms with E-state index in [-0.39, 0.29) is 31.1 Å². The summed E-state index contributed by atoms with van der Waals surface area (Å²) in [5.41, 5.74) is 0. The van der Waals surface area contributed by atoms with E-state index in [2.05, 4.69) is 93.7 Å². The summed E-state index contributed by atoms with van der Waals surface area (Å²) < 4.78 is 16.8. The van der Waals surface area contributed by atoms with E-state index >= 15 is 0 Å². The molecule has 0 amide bonds. The number of allylic oxidation sites excluding steroid dienone is 12. The van der Waals surface area contributed by atoms with E-state index in [1.165, 1.54) is 141 Å². The van der Waals surface area contributed by atoms with E-state index < -0.39 is 6.10 Å². The molecule has 1 unspecified atom stereocenters. The lowest BCUT2D eigenvalue weighted by atomic mass is 10.0. The Morgan fingerprint density at radius 2 is 0.574 bits per heavy atom. The van der Waals surface area contributed by atoms with Crippen molar-refractivity contribution in [2.24, 2.45) is 0 Å². The van der Waals surface area contributed by atoms with Gasteiger partial charge in [0.2, 0.25) is 0 Å². The second-order valence-corrected chi connectivity index (χ2v) is 19.2. The highest BCUT2D eigenvalue weighted by Crippen LogP contribution is 2.16. The molecule has 1 atom stereocenters. The third-order valence-corrected chi connectivity index (χ3v) is 12.4. The van der Waals surface area contributed by atoms with Crippen molar-refractivity contribution >= 4 is 17.9 Å². The van der Waals surface area contributed by atoms with E-state index in [1.54, 1.807) is 0 Å². The van der Waals surface area contributed by atoms with Crippen molar-refractivity contribution in [1.82, 2.24) is 0 Å². The zero-order valence-corrected chi connectivity index (χ0v) is 44.9. The number of carbonyl (C=O) groups is 3. The maximum absolute atomic E-state index is 12.8. The smallest absolute Gasteiger partial charge is 0.306 e. The average molecular weight is 950 g/mol. The van der Waals surface area contributed by atoms with Crippen LogP contribution in [0.2, 0.25) is 0 Å². The summed E-state index contributed by atoms with van der Waals surface area (Å²) in [5, 5.41) is 0. The highest BCUT2D eigenvalue weighted by atomic mass is 16.6. The second kappa shape index (κ2) is 56.4. The summed E-state index contributed by atoms with van der Waals surface area (Å²) in [4.78, 5) is 38.1. The van der Waals surface area contributed by atoms with Crippen LogP contribution < -0.4 is 0 Å². The number of rotatable bonds is 52. The lowest BCUT2D eigenvalue weighted by Gasteiger charge is -2.18. The van der Waals surface area contributed by atoms with E-state index in [0.29, 0.717) is 19.3 Å². The van der Waals surface area contributed by atoms with Gasteiger partial charge in [-0.25, -0.2) is 0 Å². The lowest BCUT2D eigenvalue weighted by molar-refractivity contribution is -0.167. The molecule has 0 aromatic rings. The van der Waals surface area contributed by atoms with Crippen LogP contribution in [0.4, 0.5) is 0 Å². The maximum atomic E-state index is 12.8. The molecule has 0 saturated heterocycles. The number of carbonyl (C=O) groups excluding carboxylic acids is 3. The van der Waals surface area contributed by atoms with Crippen LogP contribution in [0.15, 0.2) is 72.9 Å². The maximum Gasteiger partial charge on any atom is 0.306 e. The van der Waals surface area contributed by atoms with Crippen LogP contribution in [0.5, 0.6) is 0 Å². The van der Waals surface area contributed by atoms with Crippen molar-refractivity contribution in [3.63, 3.8) is 0 Å². The quantitative estimate of drug-likeness (QED) is 0.0262. The van der Waals surface area contributed by atoms with Crippen molar-refractivity contribution in [2.75, 3.05) is 13.2 Å². The molecule has 6 nitrogen and oxygen atoms in total. The molecule has 0 aliphatic carbocycles. The fourth-order valence-electron chi connectivity index (χ4n) is 8.11. The summed E-state index contributed by atoms with van der Waals surface area (Å²) in [7, 11) is 0. The molecular formula is C62H108O6. The molecule has 0 aromatic heterocycles. The van der Waals surface area contributed by atoms with Gasteiger partial charge in [0.25, 0.3) is 0 Å². The third-order valence-electron chi connectivity index (χ3n) is 12.4. The first kappa shape index (κ1) is 64.8. The molecule has 0 heterocycles. The molecule has 0 aliphatic rings. The molecule has 0 bridgehead atoms. The van der Waals surface area contributed by atoms with Gasteiger partial charge in [0, 0.05) is 19.3 Å². The highest BCUT2D eigenvalue weighted by Gasteiger charge is 2.19. The summed E-state index contributed by atoms with van der Waals surface area (Å²) in [6, 6.07) is 0. The number of hydrogen-bond acceptors (Lipinski definition) is 6.